The fourth-order valence-corrected chi connectivity index (χ4v) is 3.87. The molecule has 0 fully saturated rings. The Morgan fingerprint density at radius 2 is 1.85 bits per heavy atom. The molecule has 0 saturated heterocycles. The summed E-state index contributed by atoms with van der Waals surface area (Å²) in [7, 11) is -0.557. The molecule has 0 radical (unpaired) electrons. The Hall–Kier alpha value is -1.27. The van der Waals surface area contributed by atoms with E-state index in [1.165, 1.54) is 17.5 Å². The Balaban J connectivity index is 3.38. The molecule has 5 nitrogen and oxygen atoms in total. The lowest BCUT2D eigenvalue weighted by atomic mass is 10.2. The molecule has 114 valence electrons. The van der Waals surface area contributed by atoms with E-state index in [4.69, 9.17) is 10.5 Å². The molecule has 6 heteroatoms. The van der Waals surface area contributed by atoms with Crippen LogP contribution in [0.4, 0.5) is 5.69 Å². The molecule has 2 N–H and O–H groups in total. The van der Waals surface area contributed by atoms with E-state index in [0.29, 0.717) is 11.4 Å². The summed E-state index contributed by atoms with van der Waals surface area (Å²) in [5, 5.41) is 0. The summed E-state index contributed by atoms with van der Waals surface area (Å²) in [5.74, 6) is 0.328. The summed E-state index contributed by atoms with van der Waals surface area (Å²) in [6.45, 7) is 5.76. The average molecular weight is 300 g/mol. The second-order valence-electron chi connectivity index (χ2n) is 4.85. The van der Waals surface area contributed by atoms with E-state index >= 15 is 0 Å². The minimum atomic E-state index is -3.62. The summed E-state index contributed by atoms with van der Waals surface area (Å²) < 4.78 is 32.1. The quantitative estimate of drug-likeness (QED) is 0.819. The normalized spacial score (nSPS) is 12.2. The Kier molecular flexibility index (Phi) is 5.42. The lowest BCUT2D eigenvalue weighted by Crippen LogP contribution is -2.36. The van der Waals surface area contributed by atoms with Crippen LogP contribution in [0.1, 0.15) is 32.3 Å². The van der Waals surface area contributed by atoms with Crippen LogP contribution in [0.3, 0.4) is 0 Å². The molecule has 1 rings (SSSR count). The molecule has 0 heterocycles. The smallest absolute Gasteiger partial charge is 0.246 e. The van der Waals surface area contributed by atoms with Gasteiger partial charge in [0.25, 0.3) is 0 Å². The Bertz CT molecular complexity index is 566. The lowest BCUT2D eigenvalue weighted by Gasteiger charge is -2.26. The van der Waals surface area contributed by atoms with Crippen LogP contribution in [0.5, 0.6) is 5.75 Å². The third-order valence-corrected chi connectivity index (χ3v) is 5.60. The second-order valence-corrected chi connectivity index (χ2v) is 6.82. The molecular formula is C14H24N2O3S. The molecule has 0 aliphatic rings. The maximum absolute atomic E-state index is 12.7. The molecule has 0 atom stereocenters. The molecular weight excluding hydrogens is 276 g/mol. The highest BCUT2D eigenvalue weighted by atomic mass is 32.2. The fraction of sp³-hybridized carbons (Fsp3) is 0.571. The maximum atomic E-state index is 12.7. The van der Waals surface area contributed by atoms with Crippen LogP contribution in [0.15, 0.2) is 17.0 Å². The number of hydrogen-bond donors (Lipinski definition) is 1. The zero-order valence-electron chi connectivity index (χ0n) is 12.8. The van der Waals surface area contributed by atoms with Gasteiger partial charge in [-0.05, 0) is 37.5 Å². The highest BCUT2D eigenvalue weighted by molar-refractivity contribution is 7.89. The van der Waals surface area contributed by atoms with Crippen molar-refractivity contribution in [1.29, 1.82) is 0 Å². The molecule has 0 bridgehead atoms. The summed E-state index contributed by atoms with van der Waals surface area (Å²) in [4.78, 5) is 0.123. The molecule has 0 spiro atoms. The van der Waals surface area contributed by atoms with Crippen molar-refractivity contribution in [1.82, 2.24) is 4.31 Å². The predicted molar refractivity (Wildman–Crippen MR) is 81.5 cm³/mol. The van der Waals surface area contributed by atoms with Gasteiger partial charge < -0.3 is 10.5 Å². The second kappa shape index (κ2) is 6.45. The van der Waals surface area contributed by atoms with E-state index in [-0.39, 0.29) is 10.9 Å². The molecule has 0 aliphatic carbocycles. The standard InChI is InChI=1S/C14H24N2O3S/c1-6-11(7-2)16(4)20(17,18)14-9-12(15)10(3)8-13(14)19-5/h8-9,11H,6-7,15H2,1-5H3. The summed E-state index contributed by atoms with van der Waals surface area (Å²) in [5.41, 5.74) is 7.09. The van der Waals surface area contributed by atoms with Crippen LogP contribution in [-0.4, -0.2) is 32.9 Å². The maximum Gasteiger partial charge on any atom is 0.246 e. The van der Waals surface area contributed by atoms with Crippen molar-refractivity contribution in [3.63, 3.8) is 0 Å². The highest BCUT2D eigenvalue weighted by Gasteiger charge is 2.29. The summed E-state index contributed by atoms with van der Waals surface area (Å²) >= 11 is 0. The van der Waals surface area contributed by atoms with E-state index in [0.717, 1.165) is 18.4 Å². The molecule has 0 saturated carbocycles. The molecule has 1 aromatic carbocycles. The van der Waals surface area contributed by atoms with Crippen molar-refractivity contribution in [3.05, 3.63) is 17.7 Å². The number of anilines is 1. The van der Waals surface area contributed by atoms with E-state index < -0.39 is 10.0 Å². The van der Waals surface area contributed by atoms with Gasteiger partial charge in [0.2, 0.25) is 10.0 Å². The zero-order valence-corrected chi connectivity index (χ0v) is 13.6. The third-order valence-electron chi connectivity index (χ3n) is 3.67. The van der Waals surface area contributed by atoms with Crippen molar-refractivity contribution >= 4 is 15.7 Å². The molecule has 0 aromatic heterocycles. The van der Waals surface area contributed by atoms with E-state index in [2.05, 4.69) is 0 Å². The molecule has 0 amide bonds. The first-order chi connectivity index (χ1) is 9.29. The van der Waals surface area contributed by atoms with Gasteiger partial charge in [-0.25, -0.2) is 8.42 Å². The first-order valence-corrected chi connectivity index (χ1v) is 8.15. The average Bonchev–Trinajstić information content (AvgIpc) is 2.42. The van der Waals surface area contributed by atoms with Crippen molar-refractivity contribution < 1.29 is 13.2 Å². The molecule has 20 heavy (non-hydrogen) atoms. The number of nitrogen functional groups attached to an aromatic ring is 1. The number of hydrogen-bond acceptors (Lipinski definition) is 4. The van der Waals surface area contributed by atoms with Gasteiger partial charge in [-0.2, -0.15) is 4.31 Å². The van der Waals surface area contributed by atoms with Gasteiger partial charge in [0.15, 0.2) is 0 Å². The van der Waals surface area contributed by atoms with Crippen LogP contribution in [0, 0.1) is 6.92 Å². The monoisotopic (exact) mass is 300 g/mol. The van der Waals surface area contributed by atoms with E-state index in [1.54, 1.807) is 13.1 Å². The molecule has 1 aromatic rings. The largest absolute Gasteiger partial charge is 0.495 e. The van der Waals surface area contributed by atoms with Gasteiger partial charge >= 0.3 is 0 Å². The number of nitrogens with two attached hydrogens (primary N) is 1. The summed E-state index contributed by atoms with van der Waals surface area (Å²) in [6, 6.07) is 3.10. The van der Waals surface area contributed by atoms with Crippen molar-refractivity contribution in [2.24, 2.45) is 0 Å². The third kappa shape index (κ3) is 3.07. The van der Waals surface area contributed by atoms with Gasteiger partial charge in [0.1, 0.15) is 10.6 Å². The van der Waals surface area contributed by atoms with Crippen LogP contribution < -0.4 is 10.5 Å². The van der Waals surface area contributed by atoms with Gasteiger partial charge in [-0.3, -0.25) is 0 Å². The van der Waals surface area contributed by atoms with Gasteiger partial charge in [0.05, 0.1) is 7.11 Å². The van der Waals surface area contributed by atoms with Gasteiger partial charge in [-0.1, -0.05) is 13.8 Å². The number of methoxy groups -OCH3 is 1. The number of aryl methyl sites for hydroxylation is 1. The Morgan fingerprint density at radius 1 is 1.30 bits per heavy atom. The number of benzene rings is 1. The van der Waals surface area contributed by atoms with Crippen molar-refractivity contribution in [2.45, 2.75) is 44.6 Å². The van der Waals surface area contributed by atoms with Crippen LogP contribution in [-0.2, 0) is 10.0 Å². The van der Waals surface area contributed by atoms with Crippen LogP contribution in [0.2, 0.25) is 0 Å². The molecule has 0 aliphatic heterocycles. The Morgan fingerprint density at radius 3 is 2.30 bits per heavy atom. The van der Waals surface area contributed by atoms with E-state index in [1.807, 2.05) is 20.8 Å². The number of rotatable bonds is 6. The van der Waals surface area contributed by atoms with Crippen molar-refractivity contribution in [2.75, 3.05) is 19.9 Å². The summed E-state index contributed by atoms with van der Waals surface area (Å²) in [6.07, 6.45) is 1.52. The van der Waals surface area contributed by atoms with Crippen LogP contribution in [0.25, 0.3) is 0 Å². The van der Waals surface area contributed by atoms with Gasteiger partial charge in [0, 0.05) is 18.8 Å². The predicted octanol–water partition coefficient (Wildman–Crippen LogP) is 2.39. The zero-order chi connectivity index (χ0) is 15.5. The van der Waals surface area contributed by atoms with Crippen LogP contribution >= 0.6 is 0 Å². The van der Waals surface area contributed by atoms with Crippen molar-refractivity contribution in [3.8, 4) is 5.75 Å². The Labute approximate surface area is 121 Å². The minimum Gasteiger partial charge on any atom is -0.495 e. The van der Waals surface area contributed by atoms with Gasteiger partial charge in [-0.15, -0.1) is 0 Å². The first-order valence-electron chi connectivity index (χ1n) is 6.71. The number of nitrogens with zero attached hydrogens (tertiary/aromatic N) is 1. The molecule has 0 unspecified atom stereocenters. The minimum absolute atomic E-state index is 0.0350. The van der Waals surface area contributed by atoms with E-state index in [9.17, 15) is 8.42 Å². The fourth-order valence-electron chi connectivity index (χ4n) is 2.19. The number of ether oxygens (including phenoxy) is 1. The number of sulfonamides is 1. The highest BCUT2D eigenvalue weighted by Crippen LogP contribution is 2.31. The SMILES string of the molecule is CCC(CC)N(C)S(=O)(=O)c1cc(N)c(C)cc1OC. The lowest BCUT2D eigenvalue weighted by molar-refractivity contribution is 0.345. The first kappa shape index (κ1) is 16.8. The topological polar surface area (TPSA) is 72.6 Å².